The van der Waals surface area contributed by atoms with Crippen molar-refractivity contribution < 1.29 is 4.74 Å². The Morgan fingerprint density at radius 3 is 2.88 bits per heavy atom. The Morgan fingerprint density at radius 2 is 2.18 bits per heavy atom. The van der Waals surface area contributed by atoms with E-state index in [0.717, 1.165) is 38.7 Å². The zero-order valence-corrected chi connectivity index (χ0v) is 10.5. The van der Waals surface area contributed by atoms with E-state index in [0.29, 0.717) is 11.9 Å². The lowest BCUT2D eigenvalue weighted by molar-refractivity contribution is 0.122. The normalized spacial score (nSPS) is 16.3. The number of hydrogen-bond donors (Lipinski definition) is 1. The molecule has 1 aromatic rings. The van der Waals surface area contributed by atoms with Crippen LogP contribution in [-0.2, 0) is 4.74 Å². The van der Waals surface area contributed by atoms with Crippen LogP contribution in [0.5, 0.6) is 0 Å². The monoisotopic (exact) mass is 236 g/mol. The summed E-state index contributed by atoms with van der Waals surface area (Å²) in [5.74, 6) is 2.28. The first-order valence-corrected chi connectivity index (χ1v) is 6.15. The van der Waals surface area contributed by atoms with Crippen LogP contribution in [0, 0.1) is 5.92 Å². The number of anilines is 2. The van der Waals surface area contributed by atoms with Crippen molar-refractivity contribution in [2.75, 3.05) is 43.1 Å². The number of hydrogen-bond acceptors (Lipinski definition) is 5. The second-order valence-electron chi connectivity index (χ2n) is 4.61. The highest BCUT2D eigenvalue weighted by molar-refractivity contribution is 5.42. The van der Waals surface area contributed by atoms with Gasteiger partial charge in [0.25, 0.3) is 0 Å². The van der Waals surface area contributed by atoms with E-state index in [2.05, 4.69) is 34.0 Å². The van der Waals surface area contributed by atoms with Crippen molar-refractivity contribution in [1.82, 2.24) is 9.97 Å². The highest BCUT2D eigenvalue weighted by Gasteiger charge is 2.12. The van der Waals surface area contributed by atoms with Crippen molar-refractivity contribution in [3.63, 3.8) is 0 Å². The number of morpholine rings is 1. The van der Waals surface area contributed by atoms with Crippen LogP contribution in [-0.4, -0.2) is 42.8 Å². The summed E-state index contributed by atoms with van der Waals surface area (Å²) in [6.07, 6.45) is 1.81. The fourth-order valence-corrected chi connectivity index (χ4v) is 1.70. The molecule has 5 nitrogen and oxygen atoms in total. The SMILES string of the molecule is CC(C)CNc1nccc(N2CCOCC2)n1. The molecule has 0 unspecified atom stereocenters. The van der Waals surface area contributed by atoms with Gasteiger partial charge in [0, 0.05) is 25.8 Å². The van der Waals surface area contributed by atoms with Crippen LogP contribution in [0.3, 0.4) is 0 Å². The molecule has 5 heteroatoms. The maximum absolute atomic E-state index is 5.33. The molecule has 1 fully saturated rings. The lowest BCUT2D eigenvalue weighted by Gasteiger charge is -2.27. The molecule has 1 aliphatic rings. The van der Waals surface area contributed by atoms with Crippen molar-refractivity contribution in [1.29, 1.82) is 0 Å². The van der Waals surface area contributed by atoms with E-state index in [4.69, 9.17) is 4.74 Å². The molecule has 0 spiro atoms. The summed E-state index contributed by atoms with van der Waals surface area (Å²) in [4.78, 5) is 11.0. The first-order valence-electron chi connectivity index (χ1n) is 6.15. The number of nitrogens with one attached hydrogen (secondary N) is 1. The Kier molecular flexibility index (Phi) is 4.14. The summed E-state index contributed by atoms with van der Waals surface area (Å²) in [6, 6.07) is 1.95. The van der Waals surface area contributed by atoms with Crippen LogP contribution >= 0.6 is 0 Å². The van der Waals surface area contributed by atoms with Crippen molar-refractivity contribution >= 4 is 11.8 Å². The van der Waals surface area contributed by atoms with E-state index < -0.39 is 0 Å². The van der Waals surface area contributed by atoms with Gasteiger partial charge in [0.05, 0.1) is 13.2 Å². The van der Waals surface area contributed by atoms with Crippen LogP contribution < -0.4 is 10.2 Å². The fourth-order valence-electron chi connectivity index (χ4n) is 1.70. The molecule has 1 aliphatic heterocycles. The summed E-state index contributed by atoms with van der Waals surface area (Å²) < 4.78 is 5.33. The van der Waals surface area contributed by atoms with Crippen LogP contribution in [0.15, 0.2) is 12.3 Å². The Labute approximate surface area is 102 Å². The maximum atomic E-state index is 5.33. The molecule has 0 amide bonds. The Balaban J connectivity index is 2.00. The third kappa shape index (κ3) is 3.56. The summed E-state index contributed by atoms with van der Waals surface area (Å²) in [6.45, 7) is 8.59. The molecule has 1 saturated heterocycles. The third-order valence-electron chi connectivity index (χ3n) is 2.64. The molecular weight excluding hydrogens is 216 g/mol. The molecule has 0 saturated carbocycles. The molecule has 0 aliphatic carbocycles. The number of nitrogens with zero attached hydrogens (tertiary/aromatic N) is 3. The van der Waals surface area contributed by atoms with E-state index in [1.54, 1.807) is 6.20 Å². The van der Waals surface area contributed by atoms with Crippen LogP contribution in [0.4, 0.5) is 11.8 Å². The van der Waals surface area contributed by atoms with Gasteiger partial charge in [0.15, 0.2) is 0 Å². The van der Waals surface area contributed by atoms with E-state index >= 15 is 0 Å². The molecule has 1 aromatic heterocycles. The quantitative estimate of drug-likeness (QED) is 0.856. The third-order valence-corrected chi connectivity index (χ3v) is 2.64. The van der Waals surface area contributed by atoms with Gasteiger partial charge in [-0.3, -0.25) is 0 Å². The van der Waals surface area contributed by atoms with Crippen molar-refractivity contribution in [2.24, 2.45) is 5.92 Å². The zero-order chi connectivity index (χ0) is 12.1. The van der Waals surface area contributed by atoms with Crippen LogP contribution in [0.2, 0.25) is 0 Å². The smallest absolute Gasteiger partial charge is 0.224 e. The summed E-state index contributed by atoms with van der Waals surface area (Å²) in [5, 5.41) is 3.24. The van der Waals surface area contributed by atoms with E-state index in [9.17, 15) is 0 Å². The lowest BCUT2D eigenvalue weighted by atomic mass is 10.2. The van der Waals surface area contributed by atoms with Gasteiger partial charge in [0.2, 0.25) is 5.95 Å². The summed E-state index contributed by atoms with van der Waals surface area (Å²) >= 11 is 0. The van der Waals surface area contributed by atoms with Crippen LogP contribution in [0.1, 0.15) is 13.8 Å². The molecule has 94 valence electrons. The minimum Gasteiger partial charge on any atom is -0.378 e. The van der Waals surface area contributed by atoms with E-state index in [-0.39, 0.29) is 0 Å². The van der Waals surface area contributed by atoms with Gasteiger partial charge in [-0.15, -0.1) is 0 Å². The predicted molar refractivity (Wildman–Crippen MR) is 68.4 cm³/mol. The largest absolute Gasteiger partial charge is 0.378 e. The van der Waals surface area contributed by atoms with Gasteiger partial charge in [0.1, 0.15) is 5.82 Å². The van der Waals surface area contributed by atoms with Crippen molar-refractivity contribution in [2.45, 2.75) is 13.8 Å². The molecule has 0 bridgehead atoms. The summed E-state index contributed by atoms with van der Waals surface area (Å²) in [7, 11) is 0. The van der Waals surface area contributed by atoms with Gasteiger partial charge in [-0.05, 0) is 12.0 Å². The molecule has 1 N–H and O–H groups in total. The minimum atomic E-state index is 0.589. The molecular formula is C12H20N4O. The second-order valence-corrected chi connectivity index (χ2v) is 4.61. The number of aromatic nitrogens is 2. The van der Waals surface area contributed by atoms with Gasteiger partial charge in [-0.2, -0.15) is 4.98 Å². The molecule has 2 heterocycles. The minimum absolute atomic E-state index is 0.589. The number of rotatable bonds is 4. The zero-order valence-electron chi connectivity index (χ0n) is 10.5. The Morgan fingerprint density at radius 1 is 1.41 bits per heavy atom. The van der Waals surface area contributed by atoms with Gasteiger partial charge in [-0.25, -0.2) is 4.98 Å². The molecule has 17 heavy (non-hydrogen) atoms. The lowest BCUT2D eigenvalue weighted by Crippen LogP contribution is -2.36. The molecule has 0 aromatic carbocycles. The average molecular weight is 236 g/mol. The van der Waals surface area contributed by atoms with Crippen molar-refractivity contribution in [3.8, 4) is 0 Å². The van der Waals surface area contributed by atoms with Crippen LogP contribution in [0.25, 0.3) is 0 Å². The highest BCUT2D eigenvalue weighted by Crippen LogP contribution is 2.13. The second kappa shape index (κ2) is 5.82. The summed E-state index contributed by atoms with van der Waals surface area (Å²) in [5.41, 5.74) is 0. The first kappa shape index (κ1) is 12.1. The molecule has 0 radical (unpaired) electrons. The maximum Gasteiger partial charge on any atom is 0.224 e. The Bertz CT molecular complexity index is 350. The topological polar surface area (TPSA) is 50.3 Å². The predicted octanol–water partition coefficient (Wildman–Crippen LogP) is 1.38. The van der Waals surface area contributed by atoms with Gasteiger partial charge >= 0.3 is 0 Å². The standard InChI is InChI=1S/C12H20N4O/c1-10(2)9-14-12-13-4-3-11(15-12)16-5-7-17-8-6-16/h3-4,10H,5-9H2,1-2H3,(H,13,14,15). The number of ether oxygens (including phenoxy) is 1. The molecule has 2 rings (SSSR count). The van der Waals surface area contributed by atoms with Crippen molar-refractivity contribution in [3.05, 3.63) is 12.3 Å². The average Bonchev–Trinajstić information content (AvgIpc) is 2.38. The first-order chi connectivity index (χ1) is 8.25. The highest BCUT2D eigenvalue weighted by atomic mass is 16.5. The molecule has 0 atom stereocenters. The van der Waals surface area contributed by atoms with Gasteiger partial charge < -0.3 is 15.0 Å². The Hall–Kier alpha value is -1.36. The van der Waals surface area contributed by atoms with E-state index in [1.165, 1.54) is 0 Å². The van der Waals surface area contributed by atoms with Gasteiger partial charge in [-0.1, -0.05) is 13.8 Å². The van der Waals surface area contributed by atoms with E-state index in [1.807, 2.05) is 6.07 Å². The fraction of sp³-hybridized carbons (Fsp3) is 0.667.